The van der Waals surface area contributed by atoms with Gasteiger partial charge in [0.25, 0.3) is 0 Å². The van der Waals surface area contributed by atoms with Gasteiger partial charge in [-0.05, 0) is 54.0 Å². The number of nitrogens with zero attached hydrogens (tertiary/aromatic N) is 1. The van der Waals surface area contributed by atoms with E-state index in [0.29, 0.717) is 5.56 Å². The smallest absolute Gasteiger partial charge is 0.328 e. The summed E-state index contributed by atoms with van der Waals surface area (Å²) in [5.74, 6) is 0.319. The highest BCUT2D eigenvalue weighted by molar-refractivity contribution is 5.85. The first-order valence-corrected chi connectivity index (χ1v) is 7.53. The van der Waals surface area contributed by atoms with E-state index in [9.17, 15) is 9.18 Å². The predicted molar refractivity (Wildman–Crippen MR) is 79.2 cm³/mol. The third-order valence-electron chi connectivity index (χ3n) is 4.61. The van der Waals surface area contributed by atoms with Crippen LogP contribution in [0.1, 0.15) is 30.4 Å². The van der Waals surface area contributed by atoms with Crippen LogP contribution in [0, 0.1) is 17.7 Å². The van der Waals surface area contributed by atoms with E-state index in [1.807, 2.05) is 6.07 Å². The number of aliphatic carboxylic acids is 1. The standard InChI is InChI=1S/C17H20FNO2/c18-16-7-12(4-5-17(20)21)6-13(8-16)9-19-10-14-2-1-3-15(14)11-19/h4-8,14-15H,1-3,9-11H2,(H,20,21)/b5-4+. The number of halogens is 1. The van der Waals surface area contributed by atoms with Crippen LogP contribution < -0.4 is 0 Å². The lowest BCUT2D eigenvalue weighted by Gasteiger charge is -2.17. The van der Waals surface area contributed by atoms with E-state index < -0.39 is 5.97 Å². The summed E-state index contributed by atoms with van der Waals surface area (Å²) in [4.78, 5) is 12.9. The predicted octanol–water partition coefficient (Wildman–Crippen LogP) is 3.16. The van der Waals surface area contributed by atoms with Crippen LogP contribution in [0.2, 0.25) is 0 Å². The van der Waals surface area contributed by atoms with Gasteiger partial charge < -0.3 is 5.11 Å². The molecule has 0 bridgehead atoms. The second kappa shape index (κ2) is 5.98. The van der Waals surface area contributed by atoms with Gasteiger partial charge in [0.05, 0.1) is 0 Å². The van der Waals surface area contributed by atoms with Crippen LogP contribution in [-0.2, 0) is 11.3 Å². The van der Waals surface area contributed by atoms with E-state index in [2.05, 4.69) is 4.90 Å². The first-order chi connectivity index (χ1) is 10.1. The Bertz CT molecular complexity index is 558. The largest absolute Gasteiger partial charge is 0.478 e. The van der Waals surface area contributed by atoms with Crippen LogP contribution in [0.4, 0.5) is 4.39 Å². The molecule has 4 heteroatoms. The number of carboxylic acids is 1. The summed E-state index contributed by atoms with van der Waals surface area (Å²) in [6.45, 7) is 2.97. The van der Waals surface area contributed by atoms with Gasteiger partial charge in [-0.1, -0.05) is 12.5 Å². The third kappa shape index (κ3) is 3.50. The Morgan fingerprint density at radius 3 is 2.67 bits per heavy atom. The first-order valence-electron chi connectivity index (χ1n) is 7.53. The molecule has 2 aliphatic rings. The van der Waals surface area contributed by atoms with Crippen molar-refractivity contribution in [3.63, 3.8) is 0 Å². The molecule has 1 saturated carbocycles. The summed E-state index contributed by atoms with van der Waals surface area (Å²) in [5, 5.41) is 8.65. The Kier molecular flexibility index (Phi) is 4.06. The van der Waals surface area contributed by atoms with E-state index in [1.165, 1.54) is 31.4 Å². The number of carbonyl (C=O) groups is 1. The van der Waals surface area contributed by atoms with Gasteiger partial charge in [-0.2, -0.15) is 0 Å². The fourth-order valence-corrected chi connectivity index (χ4v) is 3.75. The highest BCUT2D eigenvalue weighted by atomic mass is 19.1. The van der Waals surface area contributed by atoms with Crippen molar-refractivity contribution >= 4 is 12.0 Å². The first kappa shape index (κ1) is 14.3. The second-order valence-corrected chi connectivity index (χ2v) is 6.21. The molecule has 112 valence electrons. The van der Waals surface area contributed by atoms with Gasteiger partial charge >= 0.3 is 5.97 Å². The van der Waals surface area contributed by atoms with Crippen molar-refractivity contribution in [3.8, 4) is 0 Å². The minimum absolute atomic E-state index is 0.308. The molecule has 1 aliphatic heterocycles. The SMILES string of the molecule is O=C(O)/C=C/c1cc(F)cc(CN2CC3CCCC3C2)c1. The number of fused-ring (bicyclic) bond motifs is 1. The van der Waals surface area contributed by atoms with Crippen LogP contribution in [0.3, 0.4) is 0 Å². The summed E-state index contributed by atoms with van der Waals surface area (Å²) in [6, 6.07) is 4.78. The zero-order chi connectivity index (χ0) is 14.8. The van der Waals surface area contributed by atoms with Crippen molar-refractivity contribution in [3.05, 3.63) is 41.2 Å². The van der Waals surface area contributed by atoms with Crippen molar-refractivity contribution in [2.24, 2.45) is 11.8 Å². The molecule has 3 rings (SSSR count). The zero-order valence-corrected chi connectivity index (χ0v) is 12.0. The van der Waals surface area contributed by atoms with Gasteiger partial charge in [0.15, 0.2) is 0 Å². The van der Waals surface area contributed by atoms with Crippen molar-refractivity contribution in [2.45, 2.75) is 25.8 Å². The Morgan fingerprint density at radius 1 is 1.29 bits per heavy atom. The monoisotopic (exact) mass is 289 g/mol. The number of rotatable bonds is 4. The van der Waals surface area contributed by atoms with Crippen molar-refractivity contribution < 1.29 is 14.3 Å². The maximum absolute atomic E-state index is 13.7. The molecule has 2 unspecified atom stereocenters. The molecule has 0 spiro atoms. The molecule has 1 N–H and O–H groups in total. The molecule has 1 aliphatic carbocycles. The van der Waals surface area contributed by atoms with Gasteiger partial charge in [0, 0.05) is 25.7 Å². The van der Waals surface area contributed by atoms with E-state index in [4.69, 9.17) is 5.11 Å². The molecule has 2 atom stereocenters. The van der Waals surface area contributed by atoms with Crippen LogP contribution >= 0.6 is 0 Å². The minimum Gasteiger partial charge on any atom is -0.478 e. The highest BCUT2D eigenvalue weighted by Crippen LogP contribution is 2.38. The van der Waals surface area contributed by atoms with Gasteiger partial charge in [0.1, 0.15) is 5.82 Å². The average Bonchev–Trinajstić information content (AvgIpc) is 2.96. The molecule has 1 saturated heterocycles. The molecule has 1 aromatic carbocycles. The quantitative estimate of drug-likeness (QED) is 0.866. The maximum atomic E-state index is 13.7. The van der Waals surface area contributed by atoms with Crippen molar-refractivity contribution in [1.82, 2.24) is 4.90 Å². The van der Waals surface area contributed by atoms with E-state index >= 15 is 0 Å². The van der Waals surface area contributed by atoms with Gasteiger partial charge in [-0.25, -0.2) is 9.18 Å². The number of carboxylic acid groups (broad SMARTS) is 1. The van der Waals surface area contributed by atoms with Gasteiger partial charge in [0.2, 0.25) is 0 Å². The van der Waals surface area contributed by atoms with Gasteiger partial charge in [-0.3, -0.25) is 4.90 Å². The molecule has 0 amide bonds. The lowest BCUT2D eigenvalue weighted by Crippen LogP contribution is -2.21. The topological polar surface area (TPSA) is 40.5 Å². The summed E-state index contributed by atoms with van der Waals surface area (Å²) < 4.78 is 13.7. The molecule has 2 fully saturated rings. The van der Waals surface area contributed by atoms with Crippen molar-refractivity contribution in [1.29, 1.82) is 0 Å². The second-order valence-electron chi connectivity index (χ2n) is 6.21. The summed E-state index contributed by atoms with van der Waals surface area (Å²) >= 11 is 0. The lowest BCUT2D eigenvalue weighted by molar-refractivity contribution is -0.131. The fraction of sp³-hybridized carbons (Fsp3) is 0.471. The highest BCUT2D eigenvalue weighted by Gasteiger charge is 2.35. The lowest BCUT2D eigenvalue weighted by atomic mass is 10.0. The van der Waals surface area contributed by atoms with Crippen LogP contribution in [0.15, 0.2) is 24.3 Å². The molecule has 0 radical (unpaired) electrons. The van der Waals surface area contributed by atoms with E-state index in [-0.39, 0.29) is 5.82 Å². The molecular weight excluding hydrogens is 269 g/mol. The van der Waals surface area contributed by atoms with E-state index in [1.54, 1.807) is 6.07 Å². The van der Waals surface area contributed by atoms with E-state index in [0.717, 1.165) is 43.1 Å². The van der Waals surface area contributed by atoms with Gasteiger partial charge in [-0.15, -0.1) is 0 Å². The summed E-state index contributed by atoms with van der Waals surface area (Å²) in [5.41, 5.74) is 1.52. The summed E-state index contributed by atoms with van der Waals surface area (Å²) in [6.07, 6.45) is 6.49. The normalized spacial score (nSPS) is 25.6. The molecule has 0 aromatic heterocycles. The number of hydrogen-bond donors (Lipinski definition) is 1. The molecule has 1 heterocycles. The molecule has 1 aromatic rings. The average molecular weight is 289 g/mol. The third-order valence-corrected chi connectivity index (χ3v) is 4.61. The molecule has 21 heavy (non-hydrogen) atoms. The Morgan fingerprint density at radius 2 is 2.00 bits per heavy atom. The number of likely N-dealkylation sites (tertiary alicyclic amines) is 1. The van der Waals surface area contributed by atoms with Crippen molar-refractivity contribution in [2.75, 3.05) is 13.1 Å². The van der Waals surface area contributed by atoms with Crippen LogP contribution in [-0.4, -0.2) is 29.1 Å². The maximum Gasteiger partial charge on any atom is 0.328 e. The van der Waals surface area contributed by atoms with Crippen LogP contribution in [0.5, 0.6) is 0 Å². The number of benzene rings is 1. The Balaban J connectivity index is 1.69. The zero-order valence-electron chi connectivity index (χ0n) is 12.0. The molecule has 3 nitrogen and oxygen atoms in total. The Hall–Kier alpha value is -1.68. The number of hydrogen-bond acceptors (Lipinski definition) is 2. The fourth-order valence-electron chi connectivity index (χ4n) is 3.75. The Labute approximate surface area is 124 Å². The summed E-state index contributed by atoms with van der Waals surface area (Å²) in [7, 11) is 0. The minimum atomic E-state index is -1.02. The van der Waals surface area contributed by atoms with Crippen LogP contribution in [0.25, 0.3) is 6.08 Å². The molecular formula is C17H20FNO2.